The minimum atomic E-state index is -0.551. The number of benzene rings is 1. The fraction of sp³-hybridized carbons (Fsp3) is 0.500. The maximum Gasteiger partial charge on any atom is 0.410 e. The number of amides is 1. The van der Waals surface area contributed by atoms with Crippen molar-refractivity contribution in [2.75, 3.05) is 19.4 Å². The zero-order valence-electron chi connectivity index (χ0n) is 13.8. The van der Waals surface area contributed by atoms with Gasteiger partial charge < -0.3 is 20.1 Å². The van der Waals surface area contributed by atoms with E-state index >= 15 is 0 Å². The van der Waals surface area contributed by atoms with Crippen molar-refractivity contribution in [2.24, 2.45) is 0 Å². The molecular formula is C16H24N2O4. The third-order valence-electron chi connectivity index (χ3n) is 2.96. The molecule has 0 saturated carbocycles. The van der Waals surface area contributed by atoms with E-state index in [1.165, 1.54) is 7.11 Å². The molecule has 1 aromatic rings. The van der Waals surface area contributed by atoms with E-state index in [1.807, 2.05) is 27.7 Å². The summed E-state index contributed by atoms with van der Waals surface area (Å²) in [6.45, 7) is 8.13. The molecule has 1 aromatic carbocycles. The Bertz CT molecular complexity index is 550. The molecule has 0 bridgehead atoms. The summed E-state index contributed by atoms with van der Waals surface area (Å²) < 4.78 is 10.0. The molecule has 122 valence electrons. The number of hydrogen-bond acceptors (Lipinski definition) is 5. The molecule has 0 aliphatic heterocycles. The number of anilines is 1. The summed E-state index contributed by atoms with van der Waals surface area (Å²) in [6, 6.07) is 4.89. The molecule has 0 spiro atoms. The molecule has 6 heteroatoms. The van der Waals surface area contributed by atoms with Crippen LogP contribution in [0.4, 0.5) is 10.5 Å². The highest BCUT2D eigenvalue weighted by Gasteiger charge is 2.22. The summed E-state index contributed by atoms with van der Waals surface area (Å²) in [6.07, 6.45) is -0.397. The Labute approximate surface area is 131 Å². The van der Waals surface area contributed by atoms with Gasteiger partial charge in [-0.1, -0.05) is 6.07 Å². The van der Waals surface area contributed by atoms with Crippen molar-refractivity contribution in [2.45, 2.75) is 39.8 Å². The molecule has 2 N–H and O–H groups in total. The van der Waals surface area contributed by atoms with Crippen LogP contribution in [-0.2, 0) is 16.0 Å². The lowest BCUT2D eigenvalue weighted by atomic mass is 10.1. The summed E-state index contributed by atoms with van der Waals surface area (Å²) in [7, 11) is 1.31. The first kappa shape index (κ1) is 17.8. The normalized spacial score (nSPS) is 11.0. The first-order valence-electron chi connectivity index (χ1n) is 7.12. The first-order chi connectivity index (χ1) is 10.2. The molecule has 6 nitrogen and oxygen atoms in total. The van der Waals surface area contributed by atoms with E-state index in [1.54, 1.807) is 23.1 Å². The zero-order chi connectivity index (χ0) is 16.9. The predicted octanol–water partition coefficient (Wildman–Crippen LogP) is 2.81. The van der Waals surface area contributed by atoms with Gasteiger partial charge in [0.15, 0.2) is 0 Å². The third kappa shape index (κ3) is 4.95. The predicted molar refractivity (Wildman–Crippen MR) is 84.5 cm³/mol. The lowest BCUT2D eigenvalue weighted by Crippen LogP contribution is -2.36. The Kier molecular flexibility index (Phi) is 5.79. The largest absolute Gasteiger partial charge is 0.465 e. The Hall–Kier alpha value is -2.24. The number of rotatable bonds is 4. The Morgan fingerprint density at radius 2 is 1.91 bits per heavy atom. The van der Waals surface area contributed by atoms with Crippen LogP contribution in [0.5, 0.6) is 0 Å². The number of esters is 1. The SMILES string of the molecule is CCN(Cc1ccc(C(=O)OC)cc1N)C(=O)OC(C)(C)C. The third-order valence-corrected chi connectivity index (χ3v) is 2.96. The van der Waals surface area contributed by atoms with Crippen molar-refractivity contribution < 1.29 is 19.1 Å². The molecule has 0 aromatic heterocycles. The van der Waals surface area contributed by atoms with Gasteiger partial charge in [0.25, 0.3) is 0 Å². The first-order valence-corrected chi connectivity index (χ1v) is 7.12. The molecule has 0 fully saturated rings. The standard InChI is InChI=1S/C16H24N2O4/c1-6-18(15(20)22-16(2,3)4)10-12-8-7-11(9-13(12)17)14(19)21-5/h7-9H,6,10,17H2,1-5H3. The van der Waals surface area contributed by atoms with Crippen molar-refractivity contribution in [3.8, 4) is 0 Å². The van der Waals surface area contributed by atoms with Crippen molar-refractivity contribution >= 4 is 17.7 Å². The van der Waals surface area contributed by atoms with Gasteiger partial charge in [-0.2, -0.15) is 0 Å². The average Bonchev–Trinajstić information content (AvgIpc) is 2.43. The number of ether oxygens (including phenoxy) is 2. The van der Waals surface area contributed by atoms with Gasteiger partial charge in [0.05, 0.1) is 19.2 Å². The van der Waals surface area contributed by atoms with Crippen molar-refractivity contribution in [1.82, 2.24) is 4.90 Å². The number of carbonyl (C=O) groups excluding carboxylic acids is 2. The van der Waals surface area contributed by atoms with E-state index in [9.17, 15) is 9.59 Å². The Balaban J connectivity index is 2.88. The number of nitrogens with zero attached hydrogens (tertiary/aromatic N) is 1. The molecule has 0 radical (unpaired) electrons. The number of nitrogen functional groups attached to an aromatic ring is 1. The van der Waals surface area contributed by atoms with Gasteiger partial charge in [0.2, 0.25) is 0 Å². The van der Waals surface area contributed by atoms with Gasteiger partial charge in [0, 0.05) is 12.2 Å². The molecule has 1 amide bonds. The van der Waals surface area contributed by atoms with E-state index in [4.69, 9.17) is 10.5 Å². The second-order valence-corrected chi connectivity index (χ2v) is 5.90. The van der Waals surface area contributed by atoms with Gasteiger partial charge in [-0.15, -0.1) is 0 Å². The molecule has 0 atom stereocenters. The quantitative estimate of drug-likeness (QED) is 0.683. The van der Waals surface area contributed by atoms with Crippen LogP contribution in [0.15, 0.2) is 18.2 Å². The van der Waals surface area contributed by atoms with E-state index in [0.717, 1.165) is 5.56 Å². The van der Waals surface area contributed by atoms with Crippen LogP contribution in [0.3, 0.4) is 0 Å². The molecule has 1 rings (SSSR count). The van der Waals surface area contributed by atoms with Crippen molar-refractivity contribution in [3.63, 3.8) is 0 Å². The molecular weight excluding hydrogens is 284 g/mol. The second-order valence-electron chi connectivity index (χ2n) is 5.90. The van der Waals surface area contributed by atoms with Gasteiger partial charge in [-0.05, 0) is 45.4 Å². The fourth-order valence-electron chi connectivity index (χ4n) is 1.82. The summed E-state index contributed by atoms with van der Waals surface area (Å²) >= 11 is 0. The van der Waals surface area contributed by atoms with E-state index in [0.29, 0.717) is 24.3 Å². The summed E-state index contributed by atoms with van der Waals surface area (Å²) in [5, 5.41) is 0. The number of carbonyl (C=O) groups is 2. The Morgan fingerprint density at radius 1 is 1.27 bits per heavy atom. The maximum absolute atomic E-state index is 12.1. The van der Waals surface area contributed by atoms with Crippen LogP contribution in [0.1, 0.15) is 43.6 Å². The molecule has 0 heterocycles. The van der Waals surface area contributed by atoms with Crippen LogP contribution in [-0.4, -0.2) is 36.2 Å². The lowest BCUT2D eigenvalue weighted by Gasteiger charge is -2.27. The number of hydrogen-bond donors (Lipinski definition) is 1. The average molecular weight is 308 g/mol. The van der Waals surface area contributed by atoms with Crippen LogP contribution in [0.2, 0.25) is 0 Å². The Morgan fingerprint density at radius 3 is 2.36 bits per heavy atom. The molecule has 0 unspecified atom stereocenters. The lowest BCUT2D eigenvalue weighted by molar-refractivity contribution is 0.0244. The van der Waals surface area contributed by atoms with E-state index in [-0.39, 0.29) is 0 Å². The number of nitrogens with two attached hydrogens (primary N) is 1. The zero-order valence-corrected chi connectivity index (χ0v) is 13.8. The monoisotopic (exact) mass is 308 g/mol. The smallest absolute Gasteiger partial charge is 0.410 e. The molecule has 0 aliphatic carbocycles. The minimum Gasteiger partial charge on any atom is -0.465 e. The van der Waals surface area contributed by atoms with Gasteiger partial charge in [-0.25, -0.2) is 9.59 Å². The molecule has 22 heavy (non-hydrogen) atoms. The second kappa shape index (κ2) is 7.15. The van der Waals surface area contributed by atoms with Crippen LogP contribution in [0.25, 0.3) is 0 Å². The van der Waals surface area contributed by atoms with E-state index < -0.39 is 17.7 Å². The summed E-state index contributed by atoms with van der Waals surface area (Å²) in [4.78, 5) is 25.1. The van der Waals surface area contributed by atoms with Gasteiger partial charge in [-0.3, -0.25) is 0 Å². The van der Waals surface area contributed by atoms with Crippen molar-refractivity contribution in [3.05, 3.63) is 29.3 Å². The van der Waals surface area contributed by atoms with E-state index in [2.05, 4.69) is 4.74 Å². The van der Waals surface area contributed by atoms with Crippen LogP contribution >= 0.6 is 0 Å². The minimum absolute atomic E-state index is 0.318. The molecule has 0 saturated heterocycles. The highest BCUT2D eigenvalue weighted by atomic mass is 16.6. The van der Waals surface area contributed by atoms with Crippen LogP contribution in [0, 0.1) is 0 Å². The fourth-order valence-corrected chi connectivity index (χ4v) is 1.82. The number of methoxy groups -OCH3 is 1. The van der Waals surface area contributed by atoms with Crippen molar-refractivity contribution in [1.29, 1.82) is 0 Å². The highest BCUT2D eigenvalue weighted by molar-refractivity contribution is 5.90. The summed E-state index contributed by atoms with van der Waals surface area (Å²) in [5.41, 5.74) is 6.97. The van der Waals surface area contributed by atoms with Crippen LogP contribution < -0.4 is 5.73 Å². The molecule has 0 aliphatic rings. The topological polar surface area (TPSA) is 81.9 Å². The maximum atomic E-state index is 12.1. The highest BCUT2D eigenvalue weighted by Crippen LogP contribution is 2.19. The summed E-state index contributed by atoms with van der Waals surface area (Å²) in [5.74, 6) is -0.447. The van der Waals surface area contributed by atoms with Gasteiger partial charge >= 0.3 is 12.1 Å². The van der Waals surface area contributed by atoms with Gasteiger partial charge in [0.1, 0.15) is 5.60 Å².